The lowest BCUT2D eigenvalue weighted by atomic mass is 10.2. The molecule has 0 aliphatic rings. The van der Waals surface area contributed by atoms with Crippen molar-refractivity contribution in [1.82, 2.24) is 14.8 Å². The van der Waals surface area contributed by atoms with Crippen LogP contribution in [0.4, 0.5) is 4.39 Å². The van der Waals surface area contributed by atoms with Crippen LogP contribution in [0, 0.1) is 10.6 Å². The predicted octanol–water partition coefficient (Wildman–Crippen LogP) is 2.94. The molecule has 15 heavy (non-hydrogen) atoms. The van der Waals surface area contributed by atoms with Gasteiger partial charge in [0.15, 0.2) is 10.6 Å². The molecule has 1 heterocycles. The lowest BCUT2D eigenvalue weighted by Gasteiger charge is -2.03. The van der Waals surface area contributed by atoms with E-state index in [-0.39, 0.29) is 5.02 Å². The molecule has 0 saturated heterocycles. The van der Waals surface area contributed by atoms with Crippen LogP contribution in [0.1, 0.15) is 0 Å². The van der Waals surface area contributed by atoms with Crippen molar-refractivity contribution in [3.8, 4) is 11.4 Å². The van der Waals surface area contributed by atoms with E-state index in [1.54, 1.807) is 23.7 Å². The van der Waals surface area contributed by atoms with Gasteiger partial charge in [-0.2, -0.15) is 5.10 Å². The smallest absolute Gasteiger partial charge is 0.195 e. The fourth-order valence-corrected chi connectivity index (χ4v) is 1.61. The second-order valence-electron chi connectivity index (χ2n) is 3.01. The van der Waals surface area contributed by atoms with Crippen molar-refractivity contribution in [1.29, 1.82) is 0 Å². The summed E-state index contributed by atoms with van der Waals surface area (Å²) in [6.07, 6.45) is 0. The van der Waals surface area contributed by atoms with Crippen LogP contribution in [0.5, 0.6) is 0 Å². The van der Waals surface area contributed by atoms with Gasteiger partial charge in [0.1, 0.15) is 5.82 Å². The van der Waals surface area contributed by atoms with Crippen LogP contribution in [0.25, 0.3) is 11.4 Å². The second kappa shape index (κ2) is 3.75. The highest BCUT2D eigenvalue weighted by Crippen LogP contribution is 2.27. The Balaban J connectivity index is 2.69. The molecule has 1 aromatic carbocycles. The fraction of sp³-hybridized carbons (Fsp3) is 0.111. The maximum absolute atomic E-state index is 13.2. The highest BCUT2D eigenvalue weighted by Gasteiger charge is 2.12. The summed E-state index contributed by atoms with van der Waals surface area (Å²) < 4.78 is 15.3. The molecule has 1 aromatic heterocycles. The van der Waals surface area contributed by atoms with E-state index in [0.29, 0.717) is 16.2 Å². The quantitative estimate of drug-likeness (QED) is 0.782. The van der Waals surface area contributed by atoms with E-state index in [1.165, 1.54) is 6.07 Å². The molecule has 0 fully saturated rings. The summed E-state index contributed by atoms with van der Waals surface area (Å²) in [5, 5.41) is 6.65. The molecule has 2 aromatic rings. The highest BCUT2D eigenvalue weighted by molar-refractivity contribution is 7.71. The summed E-state index contributed by atoms with van der Waals surface area (Å²) in [6.45, 7) is 0. The summed E-state index contributed by atoms with van der Waals surface area (Å²) >= 11 is 10.8. The fourth-order valence-electron chi connectivity index (χ4n) is 1.26. The molecule has 0 atom stereocenters. The number of halogens is 2. The number of nitrogens with one attached hydrogen (secondary N) is 1. The molecule has 3 nitrogen and oxygen atoms in total. The molecule has 6 heteroatoms. The number of aromatic nitrogens is 3. The van der Waals surface area contributed by atoms with Gasteiger partial charge in [0.25, 0.3) is 0 Å². The largest absolute Gasteiger partial charge is 0.303 e. The first-order valence-corrected chi connectivity index (χ1v) is 4.95. The van der Waals surface area contributed by atoms with Gasteiger partial charge < -0.3 is 4.57 Å². The second-order valence-corrected chi connectivity index (χ2v) is 3.78. The van der Waals surface area contributed by atoms with Crippen LogP contribution in [0.15, 0.2) is 18.2 Å². The van der Waals surface area contributed by atoms with Crippen molar-refractivity contribution in [3.63, 3.8) is 0 Å². The Hall–Kier alpha value is -1.20. The number of aromatic amines is 1. The lowest BCUT2D eigenvalue weighted by molar-refractivity contribution is 0.628. The minimum atomic E-state index is -0.469. The van der Waals surface area contributed by atoms with Gasteiger partial charge in [-0.25, -0.2) is 4.39 Å². The molecule has 0 spiro atoms. The Morgan fingerprint density at radius 1 is 1.53 bits per heavy atom. The summed E-state index contributed by atoms with van der Waals surface area (Å²) in [7, 11) is 1.74. The van der Waals surface area contributed by atoms with E-state index in [1.807, 2.05) is 0 Å². The number of hydrogen-bond acceptors (Lipinski definition) is 2. The van der Waals surface area contributed by atoms with Crippen molar-refractivity contribution in [3.05, 3.63) is 33.8 Å². The van der Waals surface area contributed by atoms with Crippen molar-refractivity contribution < 1.29 is 4.39 Å². The van der Waals surface area contributed by atoms with E-state index in [9.17, 15) is 4.39 Å². The third-order valence-electron chi connectivity index (χ3n) is 2.07. The molecule has 0 saturated carbocycles. The van der Waals surface area contributed by atoms with Gasteiger partial charge in [-0.15, -0.1) is 0 Å². The maximum Gasteiger partial charge on any atom is 0.195 e. The van der Waals surface area contributed by atoms with Crippen molar-refractivity contribution in [2.75, 3.05) is 0 Å². The van der Waals surface area contributed by atoms with Gasteiger partial charge in [0.2, 0.25) is 0 Å². The normalized spacial score (nSPS) is 10.6. The first kappa shape index (κ1) is 10.3. The Morgan fingerprint density at radius 2 is 2.27 bits per heavy atom. The van der Waals surface area contributed by atoms with Crippen molar-refractivity contribution >= 4 is 23.8 Å². The van der Waals surface area contributed by atoms with Gasteiger partial charge >= 0.3 is 0 Å². The van der Waals surface area contributed by atoms with Crippen molar-refractivity contribution in [2.45, 2.75) is 0 Å². The molecule has 0 amide bonds. The Kier molecular flexibility index (Phi) is 2.58. The molecular weight excluding hydrogens is 237 g/mol. The molecule has 0 aliphatic carbocycles. The maximum atomic E-state index is 13.2. The van der Waals surface area contributed by atoms with Crippen LogP contribution < -0.4 is 0 Å². The van der Waals surface area contributed by atoms with Crippen LogP contribution in [-0.4, -0.2) is 14.8 Å². The topological polar surface area (TPSA) is 33.6 Å². The summed E-state index contributed by atoms with van der Waals surface area (Å²) in [5.41, 5.74) is 0.520. The van der Waals surface area contributed by atoms with Gasteiger partial charge in [-0.05, 0) is 24.4 Å². The standard InChI is InChI=1S/C9H7ClFN3S/c1-14-8(12-13-9(14)15)5-3-2-4-6(11)7(5)10/h2-4H,1H3,(H,13,15). The zero-order chi connectivity index (χ0) is 11.0. The molecular formula is C9H7ClFN3S. The van der Waals surface area contributed by atoms with Crippen LogP contribution >= 0.6 is 23.8 Å². The zero-order valence-electron chi connectivity index (χ0n) is 7.79. The van der Waals surface area contributed by atoms with E-state index >= 15 is 0 Å². The summed E-state index contributed by atoms with van der Waals surface area (Å²) in [6, 6.07) is 4.57. The van der Waals surface area contributed by atoms with E-state index in [2.05, 4.69) is 10.2 Å². The van der Waals surface area contributed by atoms with Gasteiger partial charge in [-0.1, -0.05) is 17.7 Å². The van der Waals surface area contributed by atoms with Gasteiger partial charge in [0.05, 0.1) is 5.02 Å². The number of rotatable bonds is 1. The number of nitrogens with zero attached hydrogens (tertiary/aromatic N) is 2. The average molecular weight is 244 g/mol. The molecule has 1 N–H and O–H groups in total. The zero-order valence-corrected chi connectivity index (χ0v) is 9.36. The first-order valence-electron chi connectivity index (χ1n) is 4.17. The highest BCUT2D eigenvalue weighted by atomic mass is 35.5. The number of H-pyrrole nitrogens is 1. The Labute approximate surface area is 95.5 Å². The van der Waals surface area contributed by atoms with Crippen LogP contribution in [0.2, 0.25) is 5.02 Å². The number of hydrogen-bond donors (Lipinski definition) is 1. The third-order valence-corrected chi connectivity index (χ3v) is 2.82. The van der Waals surface area contributed by atoms with Crippen LogP contribution in [-0.2, 0) is 7.05 Å². The minimum absolute atomic E-state index is 0.0506. The Morgan fingerprint density at radius 3 is 2.87 bits per heavy atom. The summed E-state index contributed by atoms with van der Waals surface area (Å²) in [4.78, 5) is 0. The van der Waals surface area contributed by atoms with Crippen molar-refractivity contribution in [2.24, 2.45) is 7.05 Å². The minimum Gasteiger partial charge on any atom is -0.303 e. The van der Waals surface area contributed by atoms with E-state index < -0.39 is 5.82 Å². The molecule has 0 bridgehead atoms. The van der Waals surface area contributed by atoms with Gasteiger partial charge in [0, 0.05) is 12.6 Å². The summed E-state index contributed by atoms with van der Waals surface area (Å²) in [5.74, 6) is 0.0487. The first-order chi connectivity index (χ1) is 7.11. The monoisotopic (exact) mass is 243 g/mol. The SMILES string of the molecule is Cn1c(-c2cccc(F)c2Cl)n[nH]c1=S. The third kappa shape index (κ3) is 1.68. The molecule has 2 rings (SSSR count). The molecule has 0 radical (unpaired) electrons. The van der Waals surface area contributed by atoms with E-state index in [0.717, 1.165) is 0 Å². The van der Waals surface area contributed by atoms with E-state index in [4.69, 9.17) is 23.8 Å². The molecule has 0 unspecified atom stereocenters. The Bertz CT molecular complexity index is 561. The number of benzene rings is 1. The average Bonchev–Trinajstić information content (AvgIpc) is 2.53. The molecule has 78 valence electrons. The lowest BCUT2D eigenvalue weighted by Crippen LogP contribution is -1.94. The van der Waals surface area contributed by atoms with Gasteiger partial charge in [-0.3, -0.25) is 5.10 Å². The predicted molar refractivity (Wildman–Crippen MR) is 58.8 cm³/mol. The van der Waals surface area contributed by atoms with Crippen LogP contribution in [0.3, 0.4) is 0 Å². The molecule has 0 aliphatic heterocycles.